The molecule has 1 unspecified atom stereocenters. The molecule has 2 heterocycles. The summed E-state index contributed by atoms with van der Waals surface area (Å²) in [6, 6.07) is 3.29. The highest BCUT2D eigenvalue weighted by molar-refractivity contribution is 6.32. The highest BCUT2D eigenvalue weighted by atomic mass is 35.5. The lowest BCUT2D eigenvalue weighted by Crippen LogP contribution is -2.05. The molecule has 0 radical (unpaired) electrons. The molecule has 0 aromatic carbocycles. The van der Waals surface area contributed by atoms with E-state index < -0.39 is 6.10 Å². The van der Waals surface area contributed by atoms with E-state index in [1.165, 1.54) is 12.4 Å². The average molecular weight is 291 g/mol. The molecule has 0 aliphatic heterocycles. The minimum Gasteiger partial charge on any atom is -0.382 e. The third kappa shape index (κ3) is 2.66. The minimum atomic E-state index is -1.09. The van der Waals surface area contributed by atoms with Crippen molar-refractivity contribution in [3.63, 3.8) is 0 Å². The lowest BCUT2D eigenvalue weighted by Gasteiger charge is -2.12. The van der Waals surface area contributed by atoms with Crippen LogP contribution in [-0.4, -0.2) is 20.1 Å². The Kier molecular flexibility index (Phi) is 3.79. The first kappa shape index (κ1) is 12.5. The molecule has 0 aliphatic carbocycles. The second-order valence-corrected chi connectivity index (χ2v) is 4.26. The van der Waals surface area contributed by atoms with Gasteiger partial charge in [0.05, 0.1) is 6.20 Å². The van der Waals surface area contributed by atoms with Crippen LogP contribution in [-0.2, 0) is 0 Å². The van der Waals surface area contributed by atoms with E-state index in [-0.39, 0.29) is 21.2 Å². The number of rotatable bonds is 2. The smallest absolute Gasteiger partial charge is 0.155 e. The maximum absolute atomic E-state index is 10.1. The fourth-order valence-corrected chi connectivity index (χ4v) is 1.93. The molecule has 17 heavy (non-hydrogen) atoms. The molecule has 0 saturated heterocycles. The van der Waals surface area contributed by atoms with E-state index in [1.54, 1.807) is 12.1 Å². The summed E-state index contributed by atoms with van der Waals surface area (Å²) in [6.07, 6.45) is 1.73. The van der Waals surface area contributed by atoms with Gasteiger partial charge in [-0.2, -0.15) is 0 Å². The molecule has 0 bridgehead atoms. The first-order valence-electron chi connectivity index (χ1n) is 4.56. The van der Waals surface area contributed by atoms with E-state index in [1.807, 2.05) is 0 Å². The zero-order valence-corrected chi connectivity index (χ0v) is 10.6. The SMILES string of the molecule is OC(c1cccnc1Cl)c1ncc(Cl)nc1Cl. The molecule has 2 aromatic heterocycles. The maximum Gasteiger partial charge on any atom is 0.155 e. The van der Waals surface area contributed by atoms with Gasteiger partial charge in [0, 0.05) is 11.8 Å². The van der Waals surface area contributed by atoms with Crippen molar-refractivity contribution >= 4 is 34.8 Å². The summed E-state index contributed by atoms with van der Waals surface area (Å²) in [5.41, 5.74) is 0.596. The van der Waals surface area contributed by atoms with Gasteiger partial charge in [-0.15, -0.1) is 0 Å². The van der Waals surface area contributed by atoms with Gasteiger partial charge in [0.25, 0.3) is 0 Å². The van der Waals surface area contributed by atoms with Crippen LogP contribution in [0.3, 0.4) is 0 Å². The van der Waals surface area contributed by atoms with Crippen molar-refractivity contribution in [1.82, 2.24) is 15.0 Å². The molecule has 0 amide bonds. The summed E-state index contributed by atoms with van der Waals surface area (Å²) >= 11 is 17.3. The minimum absolute atomic E-state index is 0.0323. The summed E-state index contributed by atoms with van der Waals surface area (Å²) < 4.78 is 0. The topological polar surface area (TPSA) is 58.9 Å². The van der Waals surface area contributed by atoms with Crippen LogP contribution in [0.4, 0.5) is 0 Å². The number of hydrogen-bond donors (Lipinski definition) is 1. The van der Waals surface area contributed by atoms with E-state index in [2.05, 4.69) is 15.0 Å². The third-order valence-electron chi connectivity index (χ3n) is 2.07. The molecule has 0 saturated carbocycles. The highest BCUT2D eigenvalue weighted by Crippen LogP contribution is 2.29. The van der Waals surface area contributed by atoms with Gasteiger partial charge in [-0.1, -0.05) is 40.9 Å². The Balaban J connectivity index is 2.44. The Labute approximate surface area is 112 Å². The van der Waals surface area contributed by atoms with Gasteiger partial charge in [-0.3, -0.25) is 4.98 Å². The van der Waals surface area contributed by atoms with E-state index in [4.69, 9.17) is 34.8 Å². The van der Waals surface area contributed by atoms with Gasteiger partial charge < -0.3 is 5.11 Å². The average Bonchev–Trinajstić information content (AvgIpc) is 2.29. The van der Waals surface area contributed by atoms with Crippen LogP contribution < -0.4 is 0 Å². The Bertz CT molecular complexity index is 550. The molecule has 0 spiro atoms. The van der Waals surface area contributed by atoms with E-state index in [0.29, 0.717) is 5.56 Å². The Morgan fingerprint density at radius 3 is 2.53 bits per heavy atom. The molecular formula is C10H6Cl3N3O. The quantitative estimate of drug-likeness (QED) is 0.864. The van der Waals surface area contributed by atoms with Gasteiger partial charge in [0.15, 0.2) is 5.15 Å². The summed E-state index contributed by atoms with van der Waals surface area (Å²) in [5.74, 6) is 0. The first-order valence-corrected chi connectivity index (χ1v) is 5.69. The van der Waals surface area contributed by atoms with Crippen molar-refractivity contribution in [2.45, 2.75) is 6.10 Å². The molecule has 2 aromatic rings. The standard InChI is InChI=1S/C10H6Cl3N3O/c11-6-4-15-7(10(13)16-6)8(17)5-2-1-3-14-9(5)12/h1-4,8,17H. The van der Waals surface area contributed by atoms with Gasteiger partial charge in [-0.25, -0.2) is 9.97 Å². The molecule has 7 heteroatoms. The fraction of sp³-hybridized carbons (Fsp3) is 0.100. The summed E-state index contributed by atoms with van der Waals surface area (Å²) in [5, 5.41) is 10.5. The molecule has 2 rings (SSSR count). The molecule has 1 atom stereocenters. The molecule has 1 N–H and O–H groups in total. The number of nitrogens with zero attached hydrogens (tertiary/aromatic N) is 3. The number of hydrogen-bond acceptors (Lipinski definition) is 4. The van der Waals surface area contributed by atoms with Crippen molar-refractivity contribution in [3.05, 3.63) is 51.2 Å². The first-order chi connectivity index (χ1) is 8.09. The lowest BCUT2D eigenvalue weighted by atomic mass is 10.1. The van der Waals surface area contributed by atoms with Crippen molar-refractivity contribution in [1.29, 1.82) is 0 Å². The van der Waals surface area contributed by atoms with Gasteiger partial charge in [0.1, 0.15) is 22.1 Å². The second kappa shape index (κ2) is 5.14. The predicted octanol–water partition coefficient (Wildman–Crippen LogP) is 2.91. The summed E-state index contributed by atoms with van der Waals surface area (Å²) in [6.45, 7) is 0. The van der Waals surface area contributed by atoms with Gasteiger partial charge in [0.2, 0.25) is 0 Å². The molecule has 0 fully saturated rings. The largest absolute Gasteiger partial charge is 0.382 e. The monoisotopic (exact) mass is 289 g/mol. The molecule has 4 nitrogen and oxygen atoms in total. The van der Waals surface area contributed by atoms with Crippen molar-refractivity contribution in [2.24, 2.45) is 0 Å². The third-order valence-corrected chi connectivity index (χ3v) is 2.84. The second-order valence-electron chi connectivity index (χ2n) is 3.15. The fourth-order valence-electron chi connectivity index (χ4n) is 1.29. The number of aromatic nitrogens is 3. The van der Waals surface area contributed by atoms with Crippen molar-refractivity contribution < 1.29 is 5.11 Å². The maximum atomic E-state index is 10.1. The number of aliphatic hydroxyl groups excluding tert-OH is 1. The Hall–Kier alpha value is -0.940. The Morgan fingerprint density at radius 1 is 1.12 bits per heavy atom. The van der Waals surface area contributed by atoms with E-state index in [9.17, 15) is 5.11 Å². The van der Waals surface area contributed by atoms with Gasteiger partial charge in [-0.05, 0) is 6.07 Å². The van der Waals surface area contributed by atoms with Crippen molar-refractivity contribution in [3.8, 4) is 0 Å². The summed E-state index contributed by atoms with van der Waals surface area (Å²) in [7, 11) is 0. The lowest BCUT2D eigenvalue weighted by molar-refractivity contribution is 0.214. The van der Waals surface area contributed by atoms with Crippen LogP contribution in [0, 0.1) is 0 Å². The van der Waals surface area contributed by atoms with E-state index in [0.717, 1.165) is 0 Å². The Morgan fingerprint density at radius 2 is 1.88 bits per heavy atom. The predicted molar refractivity (Wildman–Crippen MR) is 65.4 cm³/mol. The summed E-state index contributed by atoms with van der Waals surface area (Å²) in [4.78, 5) is 11.6. The normalized spacial score (nSPS) is 12.5. The van der Waals surface area contributed by atoms with Crippen LogP contribution >= 0.6 is 34.8 Å². The van der Waals surface area contributed by atoms with Crippen LogP contribution in [0.25, 0.3) is 0 Å². The van der Waals surface area contributed by atoms with E-state index >= 15 is 0 Å². The zero-order valence-electron chi connectivity index (χ0n) is 8.31. The van der Waals surface area contributed by atoms with Crippen LogP contribution in [0.2, 0.25) is 15.5 Å². The molecule has 88 valence electrons. The molecular weight excluding hydrogens is 284 g/mol. The van der Waals surface area contributed by atoms with Crippen molar-refractivity contribution in [2.75, 3.05) is 0 Å². The van der Waals surface area contributed by atoms with Crippen LogP contribution in [0.5, 0.6) is 0 Å². The number of halogens is 3. The zero-order chi connectivity index (χ0) is 12.4. The highest BCUT2D eigenvalue weighted by Gasteiger charge is 2.19. The number of aliphatic hydroxyl groups is 1. The van der Waals surface area contributed by atoms with Crippen LogP contribution in [0.15, 0.2) is 24.5 Å². The van der Waals surface area contributed by atoms with Crippen LogP contribution in [0.1, 0.15) is 17.4 Å². The number of pyridine rings is 1. The van der Waals surface area contributed by atoms with Gasteiger partial charge >= 0.3 is 0 Å². The molecule has 0 aliphatic rings.